The summed E-state index contributed by atoms with van der Waals surface area (Å²) < 4.78 is 5.26. The van der Waals surface area contributed by atoms with E-state index in [2.05, 4.69) is 0 Å². The normalized spacial score (nSPS) is 52.2. The van der Waals surface area contributed by atoms with Gasteiger partial charge in [0.05, 0.1) is 12.2 Å². The predicted molar refractivity (Wildman–Crippen MR) is 37.6 cm³/mol. The van der Waals surface area contributed by atoms with Crippen LogP contribution in [-0.4, -0.2) is 24.4 Å². The fourth-order valence-corrected chi connectivity index (χ4v) is 2.50. The van der Waals surface area contributed by atoms with Crippen molar-refractivity contribution in [2.75, 3.05) is 7.11 Å². The molecule has 0 aromatic rings. The standard InChI is InChI=1S/C8H14O2/c1-10-7-4-5-2-3-6(7)8(5)9/h5-9H,2-4H2,1H3/t5-,6-,7+,8-/m1/s1. The topological polar surface area (TPSA) is 29.5 Å². The zero-order valence-corrected chi connectivity index (χ0v) is 6.29. The Hall–Kier alpha value is -0.0800. The molecule has 4 atom stereocenters. The molecule has 2 aliphatic rings. The minimum Gasteiger partial charge on any atom is -0.392 e. The van der Waals surface area contributed by atoms with Crippen LogP contribution in [0.15, 0.2) is 0 Å². The van der Waals surface area contributed by atoms with E-state index < -0.39 is 0 Å². The fraction of sp³-hybridized carbons (Fsp3) is 1.00. The summed E-state index contributed by atoms with van der Waals surface area (Å²) in [5.41, 5.74) is 0. The second kappa shape index (κ2) is 2.21. The van der Waals surface area contributed by atoms with Crippen molar-refractivity contribution < 1.29 is 9.84 Å². The van der Waals surface area contributed by atoms with Crippen LogP contribution in [0.3, 0.4) is 0 Å². The van der Waals surface area contributed by atoms with Crippen LogP contribution in [0.1, 0.15) is 19.3 Å². The zero-order valence-electron chi connectivity index (χ0n) is 6.29. The molecule has 2 heteroatoms. The van der Waals surface area contributed by atoms with Crippen LogP contribution < -0.4 is 0 Å². The Morgan fingerprint density at radius 1 is 1.40 bits per heavy atom. The van der Waals surface area contributed by atoms with E-state index in [4.69, 9.17) is 4.74 Å². The molecule has 0 aliphatic heterocycles. The van der Waals surface area contributed by atoms with E-state index in [-0.39, 0.29) is 6.10 Å². The molecule has 2 nitrogen and oxygen atoms in total. The van der Waals surface area contributed by atoms with Gasteiger partial charge in [-0.2, -0.15) is 0 Å². The van der Waals surface area contributed by atoms with Crippen LogP contribution in [-0.2, 0) is 4.74 Å². The predicted octanol–water partition coefficient (Wildman–Crippen LogP) is 0.792. The number of hydrogen-bond acceptors (Lipinski definition) is 2. The van der Waals surface area contributed by atoms with Gasteiger partial charge in [0.2, 0.25) is 0 Å². The lowest BCUT2D eigenvalue weighted by atomic mass is 9.98. The van der Waals surface area contributed by atoms with Crippen LogP contribution in [0.2, 0.25) is 0 Å². The van der Waals surface area contributed by atoms with Gasteiger partial charge in [0.25, 0.3) is 0 Å². The van der Waals surface area contributed by atoms with Gasteiger partial charge in [0, 0.05) is 13.0 Å². The lowest BCUT2D eigenvalue weighted by Crippen LogP contribution is -2.21. The maximum Gasteiger partial charge on any atom is 0.0627 e. The van der Waals surface area contributed by atoms with Crippen molar-refractivity contribution in [1.29, 1.82) is 0 Å². The van der Waals surface area contributed by atoms with Gasteiger partial charge in [-0.3, -0.25) is 0 Å². The van der Waals surface area contributed by atoms with Gasteiger partial charge >= 0.3 is 0 Å². The Morgan fingerprint density at radius 3 is 2.50 bits per heavy atom. The van der Waals surface area contributed by atoms with Gasteiger partial charge < -0.3 is 9.84 Å². The molecule has 2 fully saturated rings. The molecule has 0 amide bonds. The average molecular weight is 142 g/mol. The van der Waals surface area contributed by atoms with Gasteiger partial charge in [-0.1, -0.05) is 0 Å². The Balaban J connectivity index is 2.08. The fourth-order valence-electron chi connectivity index (χ4n) is 2.50. The first-order chi connectivity index (χ1) is 4.83. The minimum atomic E-state index is -0.0510. The highest BCUT2D eigenvalue weighted by Crippen LogP contribution is 2.45. The van der Waals surface area contributed by atoms with E-state index in [1.807, 2.05) is 0 Å². The van der Waals surface area contributed by atoms with Crippen LogP contribution in [0.25, 0.3) is 0 Å². The van der Waals surface area contributed by atoms with E-state index in [9.17, 15) is 5.11 Å². The highest BCUT2D eigenvalue weighted by molar-refractivity contribution is 4.97. The van der Waals surface area contributed by atoms with Crippen LogP contribution in [0.5, 0.6) is 0 Å². The second-order valence-corrected chi connectivity index (χ2v) is 3.50. The summed E-state index contributed by atoms with van der Waals surface area (Å²) in [4.78, 5) is 0. The number of aliphatic hydroxyl groups excluding tert-OH is 1. The Kier molecular flexibility index (Phi) is 1.46. The van der Waals surface area contributed by atoms with Gasteiger partial charge in [-0.15, -0.1) is 0 Å². The van der Waals surface area contributed by atoms with E-state index in [0.717, 1.165) is 6.42 Å². The first-order valence-corrected chi connectivity index (χ1v) is 4.04. The smallest absolute Gasteiger partial charge is 0.0627 e. The molecule has 0 aromatic carbocycles. The molecule has 2 saturated carbocycles. The summed E-state index contributed by atoms with van der Waals surface area (Å²) in [6.45, 7) is 0. The van der Waals surface area contributed by atoms with Crippen molar-refractivity contribution in [3.05, 3.63) is 0 Å². The largest absolute Gasteiger partial charge is 0.392 e. The summed E-state index contributed by atoms with van der Waals surface area (Å²) in [6.07, 6.45) is 3.77. The first kappa shape index (κ1) is 6.62. The van der Waals surface area contributed by atoms with Gasteiger partial charge in [0.15, 0.2) is 0 Å². The van der Waals surface area contributed by atoms with Crippen molar-refractivity contribution in [3.8, 4) is 0 Å². The summed E-state index contributed by atoms with van der Waals surface area (Å²) in [6, 6.07) is 0. The first-order valence-electron chi connectivity index (χ1n) is 4.04. The molecular weight excluding hydrogens is 128 g/mol. The highest BCUT2D eigenvalue weighted by Gasteiger charge is 2.47. The highest BCUT2D eigenvalue weighted by atomic mass is 16.5. The van der Waals surface area contributed by atoms with Crippen molar-refractivity contribution >= 4 is 0 Å². The van der Waals surface area contributed by atoms with Gasteiger partial charge in [-0.05, 0) is 25.2 Å². The number of hydrogen-bond donors (Lipinski definition) is 1. The van der Waals surface area contributed by atoms with E-state index in [0.29, 0.717) is 17.9 Å². The summed E-state index contributed by atoms with van der Waals surface area (Å²) in [5.74, 6) is 1.00. The second-order valence-electron chi connectivity index (χ2n) is 3.50. The molecular formula is C8H14O2. The molecule has 0 saturated heterocycles. The minimum absolute atomic E-state index is 0.0510. The molecule has 1 N–H and O–H groups in total. The van der Waals surface area contributed by atoms with E-state index >= 15 is 0 Å². The zero-order chi connectivity index (χ0) is 7.14. The molecule has 0 aromatic heterocycles. The molecule has 0 heterocycles. The summed E-state index contributed by atoms with van der Waals surface area (Å²) in [7, 11) is 1.75. The SMILES string of the molecule is CO[C@H]1C[C@H]2CC[C@H]1[C@@H]2O. The summed E-state index contributed by atoms with van der Waals surface area (Å²) in [5, 5.41) is 9.55. The molecule has 2 bridgehead atoms. The van der Waals surface area contributed by atoms with Crippen LogP contribution >= 0.6 is 0 Å². The molecule has 2 aliphatic carbocycles. The van der Waals surface area contributed by atoms with Gasteiger partial charge in [-0.25, -0.2) is 0 Å². The quantitative estimate of drug-likeness (QED) is 0.586. The van der Waals surface area contributed by atoms with Crippen LogP contribution in [0.4, 0.5) is 0 Å². The van der Waals surface area contributed by atoms with E-state index in [1.165, 1.54) is 12.8 Å². The lowest BCUT2D eigenvalue weighted by Gasteiger charge is -2.18. The monoisotopic (exact) mass is 142 g/mol. The Labute approximate surface area is 61.2 Å². The third-order valence-electron chi connectivity index (χ3n) is 3.11. The number of methoxy groups -OCH3 is 1. The van der Waals surface area contributed by atoms with Crippen molar-refractivity contribution in [3.63, 3.8) is 0 Å². The third-order valence-corrected chi connectivity index (χ3v) is 3.11. The molecule has 2 rings (SSSR count). The third kappa shape index (κ3) is 0.722. The number of aliphatic hydroxyl groups is 1. The van der Waals surface area contributed by atoms with Crippen molar-refractivity contribution in [2.24, 2.45) is 11.8 Å². The number of ether oxygens (including phenoxy) is 1. The maximum absolute atomic E-state index is 9.55. The van der Waals surface area contributed by atoms with Crippen molar-refractivity contribution in [2.45, 2.75) is 31.5 Å². The average Bonchev–Trinajstić information content (AvgIpc) is 2.46. The molecule has 0 spiro atoms. The maximum atomic E-state index is 9.55. The molecule has 0 radical (unpaired) electrons. The van der Waals surface area contributed by atoms with Crippen LogP contribution in [0, 0.1) is 11.8 Å². The van der Waals surface area contributed by atoms with Gasteiger partial charge in [0.1, 0.15) is 0 Å². The van der Waals surface area contributed by atoms with E-state index in [1.54, 1.807) is 7.11 Å². The Bertz CT molecular complexity index is 135. The summed E-state index contributed by atoms with van der Waals surface area (Å²) >= 11 is 0. The Morgan fingerprint density at radius 2 is 2.20 bits per heavy atom. The molecule has 10 heavy (non-hydrogen) atoms. The lowest BCUT2D eigenvalue weighted by molar-refractivity contribution is 0.0360. The number of fused-ring (bicyclic) bond motifs is 2. The van der Waals surface area contributed by atoms with Crippen molar-refractivity contribution in [1.82, 2.24) is 0 Å². The molecule has 58 valence electrons. The molecule has 0 unspecified atom stereocenters. The number of rotatable bonds is 1.